The van der Waals surface area contributed by atoms with Crippen molar-refractivity contribution in [2.75, 3.05) is 0 Å². The van der Waals surface area contributed by atoms with Crippen molar-refractivity contribution in [1.82, 2.24) is 0 Å². The van der Waals surface area contributed by atoms with Crippen LogP contribution in [0.4, 0.5) is 0 Å². The van der Waals surface area contributed by atoms with Gasteiger partial charge < -0.3 is 0 Å². The van der Waals surface area contributed by atoms with Crippen molar-refractivity contribution in [3.05, 3.63) is 34.3 Å². The van der Waals surface area contributed by atoms with Gasteiger partial charge in [-0.1, -0.05) is 37.6 Å². The Morgan fingerprint density at radius 2 is 1.85 bits per heavy atom. The zero-order valence-corrected chi connectivity index (χ0v) is 9.36. The second kappa shape index (κ2) is 4.66. The molecule has 0 amide bonds. The predicted molar refractivity (Wildman–Crippen MR) is 59.5 cm³/mol. The number of hydrogen-bond acceptors (Lipinski definition) is 0. The van der Waals surface area contributed by atoms with Crippen molar-refractivity contribution in [1.29, 1.82) is 0 Å². The van der Waals surface area contributed by atoms with Crippen LogP contribution >= 0.6 is 11.6 Å². The average molecular weight is 197 g/mol. The summed E-state index contributed by atoms with van der Waals surface area (Å²) in [4.78, 5) is 0. The quantitative estimate of drug-likeness (QED) is 0.618. The van der Waals surface area contributed by atoms with Gasteiger partial charge in [0.1, 0.15) is 0 Å². The van der Waals surface area contributed by atoms with Gasteiger partial charge in [0.15, 0.2) is 0 Å². The smallest absolute Gasteiger partial charge is 0.0438 e. The van der Waals surface area contributed by atoms with Crippen molar-refractivity contribution in [3.8, 4) is 0 Å². The third-order valence-electron chi connectivity index (χ3n) is 2.33. The Morgan fingerprint density at radius 1 is 1.23 bits per heavy atom. The molecule has 0 saturated heterocycles. The summed E-state index contributed by atoms with van der Waals surface area (Å²) in [6, 6.07) is 6.20. The molecule has 2 rings (SSSR count). The third kappa shape index (κ3) is 2.47. The fourth-order valence-corrected chi connectivity index (χ4v) is 1.64. The summed E-state index contributed by atoms with van der Waals surface area (Å²) in [6.45, 7) is 6.11. The molecule has 0 N–H and O–H groups in total. The van der Waals surface area contributed by atoms with Crippen LogP contribution in [0.25, 0.3) is 0 Å². The molecule has 1 aliphatic carbocycles. The first kappa shape index (κ1) is 10.6. The molecule has 1 saturated carbocycles. The molecule has 1 heteroatoms. The monoisotopic (exact) mass is 196 g/mol. The molecule has 0 spiro atoms. The molecule has 0 heterocycles. The highest BCUT2D eigenvalue weighted by atomic mass is 35.5. The Labute approximate surface area is 85.9 Å². The number of halogens is 1. The third-order valence-corrected chi connectivity index (χ3v) is 2.74. The van der Waals surface area contributed by atoms with Gasteiger partial charge in [-0.3, -0.25) is 0 Å². The van der Waals surface area contributed by atoms with Gasteiger partial charge in [0, 0.05) is 5.02 Å². The molecule has 0 aliphatic heterocycles. The number of hydrogen-bond donors (Lipinski definition) is 0. The van der Waals surface area contributed by atoms with Crippen molar-refractivity contribution in [2.24, 2.45) is 0 Å². The van der Waals surface area contributed by atoms with E-state index in [1.165, 1.54) is 24.0 Å². The maximum Gasteiger partial charge on any atom is 0.0438 e. The number of benzene rings is 1. The first-order valence-electron chi connectivity index (χ1n) is 5.04. The van der Waals surface area contributed by atoms with E-state index in [2.05, 4.69) is 13.0 Å². The van der Waals surface area contributed by atoms with Gasteiger partial charge >= 0.3 is 0 Å². The van der Waals surface area contributed by atoms with E-state index in [9.17, 15) is 0 Å². The van der Waals surface area contributed by atoms with E-state index < -0.39 is 0 Å². The van der Waals surface area contributed by atoms with Crippen LogP contribution in [0.15, 0.2) is 18.2 Å². The Hall–Kier alpha value is -0.490. The van der Waals surface area contributed by atoms with Crippen molar-refractivity contribution in [2.45, 2.75) is 39.5 Å². The molecule has 0 bridgehead atoms. The molecule has 0 aromatic heterocycles. The second-order valence-electron chi connectivity index (χ2n) is 3.23. The lowest BCUT2D eigenvalue weighted by Gasteiger charge is -2.04. The van der Waals surface area contributed by atoms with Crippen LogP contribution in [0.1, 0.15) is 43.7 Å². The molecule has 72 valence electrons. The average Bonchev–Trinajstić information content (AvgIpc) is 2.97. The van der Waals surface area contributed by atoms with E-state index in [1.807, 2.05) is 26.0 Å². The summed E-state index contributed by atoms with van der Waals surface area (Å²) < 4.78 is 0. The van der Waals surface area contributed by atoms with Gasteiger partial charge in [0.05, 0.1) is 0 Å². The van der Waals surface area contributed by atoms with Gasteiger partial charge in [-0.15, -0.1) is 0 Å². The molecule has 0 unspecified atom stereocenters. The largest absolute Gasteiger partial charge is 0.0840 e. The van der Waals surface area contributed by atoms with Crippen LogP contribution in [0.5, 0.6) is 0 Å². The summed E-state index contributed by atoms with van der Waals surface area (Å²) in [7, 11) is 0. The van der Waals surface area contributed by atoms with Gasteiger partial charge in [-0.2, -0.15) is 0 Å². The molecular weight excluding hydrogens is 180 g/mol. The lowest BCUT2D eigenvalue weighted by Crippen LogP contribution is -1.85. The lowest BCUT2D eigenvalue weighted by molar-refractivity contribution is 1.10. The van der Waals surface area contributed by atoms with Crippen LogP contribution in [0.3, 0.4) is 0 Å². The summed E-state index contributed by atoms with van der Waals surface area (Å²) in [5.74, 6) is 0.814. The van der Waals surface area contributed by atoms with Crippen LogP contribution in [-0.2, 0) is 0 Å². The standard InChI is InChI=1S/C10H11Cl.C2H6/c1-7-9(8-5-6-8)3-2-4-10(7)11;1-2/h2-4,8H,5-6H2,1H3;1-2H3. The molecule has 0 radical (unpaired) electrons. The Morgan fingerprint density at radius 3 is 2.38 bits per heavy atom. The van der Waals surface area contributed by atoms with E-state index in [-0.39, 0.29) is 0 Å². The summed E-state index contributed by atoms with van der Waals surface area (Å²) >= 11 is 5.99. The van der Waals surface area contributed by atoms with Gasteiger partial charge in [0.2, 0.25) is 0 Å². The van der Waals surface area contributed by atoms with E-state index >= 15 is 0 Å². The highest BCUT2D eigenvalue weighted by Crippen LogP contribution is 2.42. The zero-order chi connectivity index (χ0) is 9.84. The Bertz CT molecular complexity index is 274. The zero-order valence-electron chi connectivity index (χ0n) is 8.60. The van der Waals surface area contributed by atoms with Crippen molar-refractivity contribution in [3.63, 3.8) is 0 Å². The first-order chi connectivity index (χ1) is 6.29. The van der Waals surface area contributed by atoms with Crippen LogP contribution in [0.2, 0.25) is 5.02 Å². The maximum absolute atomic E-state index is 5.99. The molecule has 1 aliphatic rings. The molecule has 0 atom stereocenters. The molecule has 1 aromatic rings. The Kier molecular flexibility index (Phi) is 3.80. The van der Waals surface area contributed by atoms with Crippen molar-refractivity contribution < 1.29 is 0 Å². The fourth-order valence-electron chi connectivity index (χ4n) is 1.46. The predicted octanol–water partition coefficient (Wildman–Crippen LogP) is 4.55. The Balaban J connectivity index is 0.000000396. The molecule has 13 heavy (non-hydrogen) atoms. The van der Waals surface area contributed by atoms with E-state index in [1.54, 1.807) is 0 Å². The lowest BCUT2D eigenvalue weighted by atomic mass is 10.1. The van der Waals surface area contributed by atoms with Gasteiger partial charge in [-0.05, 0) is 42.9 Å². The van der Waals surface area contributed by atoms with E-state index in [0.29, 0.717) is 0 Å². The normalized spacial score (nSPS) is 14.8. The number of rotatable bonds is 1. The maximum atomic E-state index is 5.99. The van der Waals surface area contributed by atoms with Crippen LogP contribution < -0.4 is 0 Å². The highest BCUT2D eigenvalue weighted by Gasteiger charge is 2.25. The SMILES string of the molecule is CC.Cc1c(Cl)cccc1C1CC1. The minimum absolute atomic E-state index is 0.814. The molecule has 1 fully saturated rings. The topological polar surface area (TPSA) is 0 Å². The summed E-state index contributed by atoms with van der Waals surface area (Å²) in [5, 5.41) is 0.911. The second-order valence-corrected chi connectivity index (χ2v) is 3.64. The van der Waals surface area contributed by atoms with Gasteiger partial charge in [0.25, 0.3) is 0 Å². The summed E-state index contributed by atoms with van der Waals surface area (Å²) in [5.41, 5.74) is 2.73. The highest BCUT2D eigenvalue weighted by molar-refractivity contribution is 6.31. The minimum atomic E-state index is 0.814. The van der Waals surface area contributed by atoms with Crippen molar-refractivity contribution >= 4 is 11.6 Å². The van der Waals surface area contributed by atoms with E-state index in [0.717, 1.165) is 10.9 Å². The minimum Gasteiger partial charge on any atom is -0.0840 e. The first-order valence-corrected chi connectivity index (χ1v) is 5.42. The summed E-state index contributed by atoms with van der Waals surface area (Å²) in [6.07, 6.45) is 2.70. The van der Waals surface area contributed by atoms with E-state index in [4.69, 9.17) is 11.6 Å². The molecular formula is C12H17Cl. The van der Waals surface area contributed by atoms with Crippen LogP contribution in [0, 0.1) is 6.92 Å². The molecule has 1 aromatic carbocycles. The molecule has 0 nitrogen and oxygen atoms in total. The van der Waals surface area contributed by atoms with Gasteiger partial charge in [-0.25, -0.2) is 0 Å². The van der Waals surface area contributed by atoms with Crippen LogP contribution in [-0.4, -0.2) is 0 Å². The fraction of sp³-hybridized carbons (Fsp3) is 0.500.